The van der Waals surface area contributed by atoms with E-state index in [4.69, 9.17) is 14.2 Å². The van der Waals surface area contributed by atoms with Crippen molar-refractivity contribution in [1.82, 2.24) is 10.2 Å². The van der Waals surface area contributed by atoms with Crippen molar-refractivity contribution >= 4 is 12.0 Å². The summed E-state index contributed by atoms with van der Waals surface area (Å²) in [5, 5.41) is 12.5. The smallest absolute Gasteiger partial charge is 0.407 e. The van der Waals surface area contributed by atoms with Crippen molar-refractivity contribution in [1.29, 1.82) is 0 Å². The Bertz CT molecular complexity index is 1010. The minimum absolute atomic E-state index is 0.0637. The van der Waals surface area contributed by atoms with Gasteiger partial charge >= 0.3 is 6.09 Å². The van der Waals surface area contributed by atoms with Crippen LogP contribution in [0.2, 0.25) is 0 Å². The first kappa shape index (κ1) is 22.9. The molecule has 0 radical (unpaired) electrons. The van der Waals surface area contributed by atoms with Crippen molar-refractivity contribution in [3.8, 4) is 11.5 Å². The highest BCUT2D eigenvalue weighted by Crippen LogP contribution is 2.38. The highest BCUT2D eigenvalue weighted by Gasteiger charge is 2.39. The molecule has 2 aromatic carbocycles. The van der Waals surface area contributed by atoms with E-state index in [-0.39, 0.29) is 23.8 Å². The first-order valence-electron chi connectivity index (χ1n) is 11.2. The van der Waals surface area contributed by atoms with Gasteiger partial charge in [-0.3, -0.25) is 4.79 Å². The lowest BCUT2D eigenvalue weighted by Crippen LogP contribution is -2.50. The number of piperidine rings is 1. The van der Waals surface area contributed by atoms with Gasteiger partial charge in [0.2, 0.25) is 0 Å². The minimum Gasteiger partial charge on any atom is -0.493 e. The predicted molar refractivity (Wildman–Crippen MR) is 122 cm³/mol. The highest BCUT2D eigenvalue weighted by molar-refractivity contribution is 5.98. The van der Waals surface area contributed by atoms with E-state index >= 15 is 0 Å². The number of amides is 2. The average molecular weight is 455 g/mol. The monoisotopic (exact) mass is 454 g/mol. The van der Waals surface area contributed by atoms with Gasteiger partial charge in [-0.25, -0.2) is 4.79 Å². The van der Waals surface area contributed by atoms with Gasteiger partial charge in [0.25, 0.3) is 5.91 Å². The summed E-state index contributed by atoms with van der Waals surface area (Å²) in [6.07, 6.45) is -0.226. The third-order valence-electron chi connectivity index (χ3n) is 6.61. The van der Waals surface area contributed by atoms with Gasteiger partial charge in [-0.05, 0) is 54.7 Å². The summed E-state index contributed by atoms with van der Waals surface area (Å²) in [5.41, 5.74) is 2.69. The maximum Gasteiger partial charge on any atom is 0.407 e. The van der Waals surface area contributed by atoms with Crippen LogP contribution in [0.25, 0.3) is 0 Å². The molecule has 0 aromatic heterocycles. The number of hydrogen-bond donors (Lipinski definition) is 2. The maximum absolute atomic E-state index is 12.0. The van der Waals surface area contributed by atoms with Gasteiger partial charge < -0.3 is 29.5 Å². The van der Waals surface area contributed by atoms with Crippen LogP contribution in [0.1, 0.15) is 40.7 Å². The fraction of sp³-hybridized carbons (Fsp3) is 0.440. The summed E-state index contributed by atoms with van der Waals surface area (Å²) in [4.78, 5) is 25.3. The molecule has 8 nitrogen and oxygen atoms in total. The first-order valence-corrected chi connectivity index (χ1v) is 11.2. The average Bonchev–Trinajstić information content (AvgIpc) is 3.18. The van der Waals surface area contributed by atoms with E-state index < -0.39 is 6.09 Å². The molecule has 0 saturated carbocycles. The van der Waals surface area contributed by atoms with Gasteiger partial charge in [-0.2, -0.15) is 0 Å². The summed E-state index contributed by atoms with van der Waals surface area (Å²) < 4.78 is 17.0. The summed E-state index contributed by atoms with van der Waals surface area (Å²) in [7, 11) is 1.63. The van der Waals surface area contributed by atoms with Crippen LogP contribution in [-0.4, -0.2) is 61.5 Å². The number of carbonyl (C=O) groups excluding carboxylic acids is 1. The molecule has 0 aliphatic carbocycles. The second kappa shape index (κ2) is 10.1. The zero-order valence-electron chi connectivity index (χ0n) is 19.0. The number of likely N-dealkylation sites (tertiary alicyclic amines) is 1. The summed E-state index contributed by atoms with van der Waals surface area (Å²) in [6, 6.07) is 13.3. The van der Waals surface area contributed by atoms with E-state index in [9.17, 15) is 14.7 Å². The zero-order valence-corrected chi connectivity index (χ0v) is 19.0. The molecule has 33 heavy (non-hydrogen) atoms. The summed E-state index contributed by atoms with van der Waals surface area (Å²) in [5.74, 6) is 1.33. The van der Waals surface area contributed by atoms with E-state index in [1.165, 1.54) is 4.90 Å². The quantitative estimate of drug-likeness (QED) is 0.593. The molecular formula is C25H30N2O6. The number of methoxy groups -OCH3 is 1. The number of benzene rings is 2. The molecule has 2 amide bonds. The van der Waals surface area contributed by atoms with E-state index in [1.807, 2.05) is 37.3 Å². The molecule has 3 atom stereocenters. The molecule has 2 heterocycles. The SMILES string of the molecule is COCCOc1cccc(C2CCN(C(=O)O)C(C)C2COc2ccc3c(c2)C(=O)NC3)c1. The van der Waals surface area contributed by atoms with Crippen LogP contribution in [0, 0.1) is 5.92 Å². The Kier molecular flexibility index (Phi) is 7.03. The van der Waals surface area contributed by atoms with Crippen molar-refractivity contribution < 1.29 is 28.9 Å². The van der Waals surface area contributed by atoms with Crippen molar-refractivity contribution in [2.24, 2.45) is 5.92 Å². The molecule has 8 heteroatoms. The number of rotatable bonds is 8. The van der Waals surface area contributed by atoms with Crippen LogP contribution in [0.4, 0.5) is 4.79 Å². The minimum atomic E-state index is -0.920. The topological polar surface area (TPSA) is 97.3 Å². The largest absolute Gasteiger partial charge is 0.493 e. The fourth-order valence-electron chi connectivity index (χ4n) is 4.75. The summed E-state index contributed by atoms with van der Waals surface area (Å²) >= 11 is 0. The van der Waals surface area contributed by atoms with Crippen molar-refractivity contribution in [3.63, 3.8) is 0 Å². The molecule has 3 unspecified atom stereocenters. The van der Waals surface area contributed by atoms with Gasteiger partial charge in [0.05, 0.1) is 13.2 Å². The number of carboxylic acid groups (broad SMARTS) is 1. The van der Waals surface area contributed by atoms with Crippen LogP contribution in [0.3, 0.4) is 0 Å². The van der Waals surface area contributed by atoms with Gasteiger partial charge in [-0.15, -0.1) is 0 Å². The molecule has 1 saturated heterocycles. The van der Waals surface area contributed by atoms with Crippen molar-refractivity contribution in [2.75, 3.05) is 33.5 Å². The number of nitrogens with zero attached hydrogens (tertiary/aromatic N) is 1. The van der Waals surface area contributed by atoms with Gasteiger partial charge in [0, 0.05) is 37.7 Å². The zero-order chi connectivity index (χ0) is 23.4. The molecule has 0 spiro atoms. The van der Waals surface area contributed by atoms with Crippen LogP contribution in [-0.2, 0) is 11.3 Å². The number of ether oxygens (including phenoxy) is 3. The molecule has 2 aliphatic rings. The Hall–Kier alpha value is -3.26. The van der Waals surface area contributed by atoms with Gasteiger partial charge in [0.15, 0.2) is 0 Å². The van der Waals surface area contributed by atoms with Crippen molar-refractivity contribution in [3.05, 3.63) is 59.2 Å². The third-order valence-corrected chi connectivity index (χ3v) is 6.61. The van der Waals surface area contributed by atoms with E-state index in [1.54, 1.807) is 13.2 Å². The predicted octanol–water partition coefficient (Wildman–Crippen LogP) is 3.51. The molecule has 2 N–H and O–H groups in total. The molecule has 176 valence electrons. The lowest BCUT2D eigenvalue weighted by molar-refractivity contribution is 0.0544. The Balaban J connectivity index is 1.53. The van der Waals surface area contributed by atoms with Crippen molar-refractivity contribution in [2.45, 2.75) is 31.8 Å². The first-order chi connectivity index (χ1) is 16.0. The third kappa shape index (κ3) is 5.06. The molecule has 2 aromatic rings. The van der Waals surface area contributed by atoms with Crippen LogP contribution in [0.15, 0.2) is 42.5 Å². The lowest BCUT2D eigenvalue weighted by Gasteiger charge is -2.43. The molecule has 0 bridgehead atoms. The van der Waals surface area contributed by atoms with E-state index in [0.717, 1.165) is 16.9 Å². The Morgan fingerprint density at radius 3 is 2.76 bits per heavy atom. The second-order valence-electron chi connectivity index (χ2n) is 8.50. The fourth-order valence-corrected chi connectivity index (χ4v) is 4.75. The molecule has 4 rings (SSSR count). The van der Waals surface area contributed by atoms with Crippen LogP contribution < -0.4 is 14.8 Å². The van der Waals surface area contributed by atoms with Gasteiger partial charge in [-0.1, -0.05) is 18.2 Å². The summed E-state index contributed by atoms with van der Waals surface area (Å²) in [6.45, 7) is 4.24. The standard InChI is InChI=1S/C25H30N2O6/c1-16-23(15-33-20-7-6-18-14-26-24(28)22(18)13-20)21(8-9-27(16)25(29)30)17-4-3-5-19(12-17)32-11-10-31-2/h3-7,12-13,16,21,23H,8-11,14-15H2,1-2H3,(H,26,28)(H,29,30). The Morgan fingerprint density at radius 1 is 1.15 bits per heavy atom. The van der Waals surface area contributed by atoms with Gasteiger partial charge in [0.1, 0.15) is 18.1 Å². The number of carbonyl (C=O) groups is 2. The number of hydrogen-bond acceptors (Lipinski definition) is 5. The Labute approximate surface area is 193 Å². The maximum atomic E-state index is 12.0. The van der Waals surface area contributed by atoms with E-state index in [0.29, 0.717) is 50.6 Å². The lowest BCUT2D eigenvalue weighted by atomic mass is 9.76. The number of nitrogens with one attached hydrogen (secondary N) is 1. The van der Waals surface area contributed by atoms with Crippen LogP contribution in [0.5, 0.6) is 11.5 Å². The molecular weight excluding hydrogens is 424 g/mol. The second-order valence-corrected chi connectivity index (χ2v) is 8.50. The molecule has 1 fully saturated rings. The Morgan fingerprint density at radius 2 is 1.97 bits per heavy atom. The van der Waals surface area contributed by atoms with Crippen LogP contribution >= 0.6 is 0 Å². The molecule has 2 aliphatic heterocycles. The highest BCUT2D eigenvalue weighted by atomic mass is 16.5. The normalized spacial score (nSPS) is 21.9. The van der Waals surface area contributed by atoms with E-state index in [2.05, 4.69) is 11.4 Å². The number of fused-ring (bicyclic) bond motifs is 1.